The summed E-state index contributed by atoms with van der Waals surface area (Å²) in [4.78, 5) is 0. The van der Waals surface area contributed by atoms with Crippen molar-refractivity contribution < 1.29 is 5.11 Å². The van der Waals surface area contributed by atoms with E-state index in [4.69, 9.17) is 23.2 Å². The SMILES string of the molecule is CC(O)C(C)Cc1cccc(Cl)c1Cl. The Hall–Kier alpha value is -0.240. The number of hydrogen-bond acceptors (Lipinski definition) is 1. The van der Waals surface area contributed by atoms with Crippen molar-refractivity contribution in [2.24, 2.45) is 5.92 Å². The second kappa shape index (κ2) is 5.01. The molecule has 0 bridgehead atoms. The summed E-state index contributed by atoms with van der Waals surface area (Å²) >= 11 is 11.9. The van der Waals surface area contributed by atoms with E-state index >= 15 is 0 Å². The first-order valence-electron chi connectivity index (χ1n) is 4.63. The minimum atomic E-state index is -0.329. The van der Waals surface area contributed by atoms with Crippen molar-refractivity contribution in [1.82, 2.24) is 0 Å². The molecule has 2 atom stereocenters. The van der Waals surface area contributed by atoms with Crippen LogP contribution in [0, 0.1) is 5.92 Å². The van der Waals surface area contributed by atoms with Gasteiger partial charge < -0.3 is 5.11 Å². The molecule has 0 aliphatic rings. The van der Waals surface area contributed by atoms with E-state index in [-0.39, 0.29) is 12.0 Å². The van der Waals surface area contributed by atoms with Gasteiger partial charge in [-0.05, 0) is 30.9 Å². The summed E-state index contributed by atoms with van der Waals surface area (Å²) in [5, 5.41) is 10.5. The maximum absolute atomic E-state index is 9.37. The minimum Gasteiger partial charge on any atom is -0.393 e. The summed E-state index contributed by atoms with van der Waals surface area (Å²) in [7, 11) is 0. The molecule has 1 aromatic rings. The van der Waals surface area contributed by atoms with Crippen LogP contribution in [-0.4, -0.2) is 11.2 Å². The van der Waals surface area contributed by atoms with Crippen molar-refractivity contribution >= 4 is 23.2 Å². The van der Waals surface area contributed by atoms with Crippen LogP contribution in [0.2, 0.25) is 10.0 Å². The lowest BCUT2D eigenvalue weighted by Crippen LogP contribution is -2.15. The van der Waals surface area contributed by atoms with Gasteiger partial charge in [-0.3, -0.25) is 0 Å². The van der Waals surface area contributed by atoms with Gasteiger partial charge in [-0.2, -0.15) is 0 Å². The van der Waals surface area contributed by atoms with E-state index in [2.05, 4.69) is 0 Å². The predicted molar refractivity (Wildman–Crippen MR) is 61.0 cm³/mol. The van der Waals surface area contributed by atoms with Crippen molar-refractivity contribution in [1.29, 1.82) is 0 Å². The Bertz CT molecular complexity index is 310. The summed E-state index contributed by atoms with van der Waals surface area (Å²) in [6.45, 7) is 3.77. The maximum atomic E-state index is 9.37. The van der Waals surface area contributed by atoms with Crippen LogP contribution in [0.4, 0.5) is 0 Å². The van der Waals surface area contributed by atoms with E-state index in [0.717, 1.165) is 12.0 Å². The molecule has 0 radical (unpaired) electrons. The number of hydrogen-bond donors (Lipinski definition) is 1. The van der Waals surface area contributed by atoms with Crippen molar-refractivity contribution in [3.05, 3.63) is 33.8 Å². The first-order chi connectivity index (χ1) is 6.52. The topological polar surface area (TPSA) is 20.2 Å². The lowest BCUT2D eigenvalue weighted by atomic mass is 9.97. The fraction of sp³-hybridized carbons (Fsp3) is 0.455. The van der Waals surface area contributed by atoms with Gasteiger partial charge in [0.15, 0.2) is 0 Å². The zero-order valence-corrected chi connectivity index (χ0v) is 9.81. The Kier molecular flexibility index (Phi) is 4.24. The molecule has 2 unspecified atom stereocenters. The maximum Gasteiger partial charge on any atom is 0.0624 e. The zero-order chi connectivity index (χ0) is 10.7. The van der Waals surface area contributed by atoms with Gasteiger partial charge in [0.2, 0.25) is 0 Å². The second-order valence-corrected chi connectivity index (χ2v) is 4.42. The van der Waals surface area contributed by atoms with Gasteiger partial charge >= 0.3 is 0 Å². The number of aliphatic hydroxyl groups is 1. The number of benzene rings is 1. The van der Waals surface area contributed by atoms with Crippen LogP contribution in [0.5, 0.6) is 0 Å². The largest absolute Gasteiger partial charge is 0.393 e. The highest BCUT2D eigenvalue weighted by molar-refractivity contribution is 6.42. The van der Waals surface area contributed by atoms with Crippen LogP contribution in [-0.2, 0) is 6.42 Å². The van der Waals surface area contributed by atoms with Gasteiger partial charge in [-0.1, -0.05) is 42.3 Å². The van der Waals surface area contributed by atoms with Gasteiger partial charge in [0.05, 0.1) is 16.1 Å². The monoisotopic (exact) mass is 232 g/mol. The first-order valence-corrected chi connectivity index (χ1v) is 5.39. The summed E-state index contributed by atoms with van der Waals surface area (Å²) in [6.07, 6.45) is 0.418. The Morgan fingerprint density at radius 3 is 2.50 bits per heavy atom. The molecule has 1 aromatic carbocycles. The Morgan fingerprint density at radius 1 is 1.29 bits per heavy atom. The average molecular weight is 233 g/mol. The molecular weight excluding hydrogens is 219 g/mol. The van der Waals surface area contributed by atoms with Crippen LogP contribution in [0.3, 0.4) is 0 Å². The third kappa shape index (κ3) is 2.88. The van der Waals surface area contributed by atoms with Crippen LogP contribution in [0.15, 0.2) is 18.2 Å². The third-order valence-corrected chi connectivity index (χ3v) is 3.26. The number of rotatable bonds is 3. The van der Waals surface area contributed by atoms with E-state index in [1.54, 1.807) is 13.0 Å². The lowest BCUT2D eigenvalue weighted by molar-refractivity contribution is 0.135. The highest BCUT2D eigenvalue weighted by Crippen LogP contribution is 2.27. The normalized spacial score (nSPS) is 15.2. The van der Waals surface area contributed by atoms with Gasteiger partial charge in [0.25, 0.3) is 0 Å². The summed E-state index contributed by atoms with van der Waals surface area (Å²) in [6, 6.07) is 5.58. The molecule has 0 aliphatic heterocycles. The quantitative estimate of drug-likeness (QED) is 0.846. The fourth-order valence-corrected chi connectivity index (χ4v) is 1.62. The molecule has 0 spiro atoms. The lowest BCUT2D eigenvalue weighted by Gasteiger charge is -2.15. The standard InChI is InChI=1S/C11H14Cl2O/c1-7(8(2)14)6-9-4-3-5-10(12)11(9)13/h3-5,7-8,14H,6H2,1-2H3. The van der Waals surface area contributed by atoms with Gasteiger partial charge in [0.1, 0.15) is 0 Å². The molecule has 0 saturated heterocycles. The van der Waals surface area contributed by atoms with Crippen LogP contribution < -0.4 is 0 Å². The van der Waals surface area contributed by atoms with Crippen LogP contribution in [0.25, 0.3) is 0 Å². The average Bonchev–Trinajstić information content (AvgIpc) is 2.12. The van der Waals surface area contributed by atoms with Crippen molar-refractivity contribution in [3.8, 4) is 0 Å². The van der Waals surface area contributed by atoms with Gasteiger partial charge in [0, 0.05) is 0 Å². The Labute approximate surface area is 94.7 Å². The molecule has 0 aromatic heterocycles. The van der Waals surface area contributed by atoms with Gasteiger partial charge in [-0.15, -0.1) is 0 Å². The summed E-state index contributed by atoms with van der Waals surface area (Å²) in [5.41, 5.74) is 0.993. The molecule has 14 heavy (non-hydrogen) atoms. The molecule has 0 aliphatic carbocycles. The third-order valence-electron chi connectivity index (χ3n) is 2.40. The molecular formula is C11H14Cl2O. The van der Waals surface area contributed by atoms with E-state index in [9.17, 15) is 5.11 Å². The predicted octanol–water partition coefficient (Wildman–Crippen LogP) is 3.55. The smallest absolute Gasteiger partial charge is 0.0624 e. The zero-order valence-electron chi connectivity index (χ0n) is 8.30. The summed E-state index contributed by atoms with van der Waals surface area (Å²) < 4.78 is 0. The first kappa shape index (κ1) is 11.8. The summed E-state index contributed by atoms with van der Waals surface area (Å²) in [5.74, 6) is 0.186. The van der Waals surface area contributed by atoms with Crippen molar-refractivity contribution in [2.45, 2.75) is 26.4 Å². The van der Waals surface area contributed by atoms with E-state index in [1.807, 2.05) is 19.1 Å². The molecule has 78 valence electrons. The van der Waals surface area contributed by atoms with Gasteiger partial charge in [-0.25, -0.2) is 0 Å². The van der Waals surface area contributed by atoms with Crippen molar-refractivity contribution in [3.63, 3.8) is 0 Å². The second-order valence-electron chi connectivity index (χ2n) is 3.63. The highest BCUT2D eigenvalue weighted by atomic mass is 35.5. The minimum absolute atomic E-state index is 0.186. The van der Waals surface area contributed by atoms with Crippen LogP contribution in [0.1, 0.15) is 19.4 Å². The van der Waals surface area contributed by atoms with E-state index in [0.29, 0.717) is 10.0 Å². The molecule has 0 heterocycles. The number of aliphatic hydroxyl groups excluding tert-OH is 1. The van der Waals surface area contributed by atoms with E-state index < -0.39 is 0 Å². The van der Waals surface area contributed by atoms with Crippen LogP contribution >= 0.6 is 23.2 Å². The highest BCUT2D eigenvalue weighted by Gasteiger charge is 2.12. The molecule has 1 rings (SSSR count). The van der Waals surface area contributed by atoms with Crippen molar-refractivity contribution in [2.75, 3.05) is 0 Å². The Balaban J connectivity index is 2.82. The molecule has 0 fully saturated rings. The molecule has 1 N–H and O–H groups in total. The molecule has 0 amide bonds. The van der Waals surface area contributed by atoms with E-state index in [1.165, 1.54) is 0 Å². The molecule has 1 nitrogen and oxygen atoms in total. The Morgan fingerprint density at radius 2 is 1.93 bits per heavy atom. The fourth-order valence-electron chi connectivity index (χ4n) is 1.22. The molecule has 3 heteroatoms. The molecule has 0 saturated carbocycles. The number of halogens is 2.